The highest BCUT2D eigenvalue weighted by Gasteiger charge is 2.21. The average molecular weight is 350 g/mol. The monoisotopic (exact) mass is 350 g/mol. The summed E-state index contributed by atoms with van der Waals surface area (Å²) in [5.74, 6) is 0. The molecule has 1 aromatic heterocycles. The lowest BCUT2D eigenvalue weighted by molar-refractivity contribution is 0.373. The first-order valence-corrected chi connectivity index (χ1v) is 7.72. The van der Waals surface area contributed by atoms with E-state index in [0.29, 0.717) is 6.04 Å². The van der Waals surface area contributed by atoms with Crippen molar-refractivity contribution in [2.45, 2.75) is 25.3 Å². The number of thiophene rings is 1. The second-order valence-corrected chi connectivity index (χ2v) is 7.66. The largest absolute Gasteiger partial charge is 0.309 e. The second kappa shape index (κ2) is 5.80. The van der Waals surface area contributed by atoms with Crippen LogP contribution in [0.1, 0.15) is 29.3 Å². The molecule has 0 saturated carbocycles. The molecule has 0 spiro atoms. The van der Waals surface area contributed by atoms with Crippen molar-refractivity contribution in [3.63, 3.8) is 0 Å². The summed E-state index contributed by atoms with van der Waals surface area (Å²) in [5.41, 5.74) is 1.57. The van der Waals surface area contributed by atoms with Gasteiger partial charge in [0.15, 0.2) is 0 Å². The summed E-state index contributed by atoms with van der Waals surface area (Å²) >= 11 is 4.41. The lowest BCUT2D eigenvalue weighted by atomic mass is 9.94. The van der Waals surface area contributed by atoms with Crippen molar-refractivity contribution in [3.8, 4) is 0 Å². The fraction of sp³-hybridized carbons (Fsp3) is 0.667. The van der Waals surface area contributed by atoms with Gasteiger partial charge in [-0.15, -0.1) is 11.3 Å². The fourth-order valence-electron chi connectivity index (χ4n) is 2.20. The van der Waals surface area contributed by atoms with Gasteiger partial charge in [0.05, 0.1) is 2.88 Å². The van der Waals surface area contributed by atoms with E-state index in [1.54, 1.807) is 10.4 Å². The van der Waals surface area contributed by atoms with E-state index in [2.05, 4.69) is 53.0 Å². The Balaban J connectivity index is 1.96. The van der Waals surface area contributed by atoms with E-state index in [4.69, 9.17) is 0 Å². The molecule has 0 aromatic carbocycles. The highest BCUT2D eigenvalue weighted by atomic mass is 127. The summed E-state index contributed by atoms with van der Waals surface area (Å²) in [6.07, 6.45) is 3.92. The maximum Gasteiger partial charge on any atom is 0.0659 e. The minimum Gasteiger partial charge on any atom is -0.309 e. The standard InChI is InChI=1S/C12H19IN2S/c1-15(2)7-6-14-10-4-3-5-11-9(10)8-12(13)16-11/h8,10,14H,3-7H2,1-2H3. The van der Waals surface area contributed by atoms with Crippen LogP contribution < -0.4 is 5.32 Å². The Kier molecular flexibility index (Phi) is 4.64. The van der Waals surface area contributed by atoms with Crippen molar-refractivity contribution in [2.75, 3.05) is 27.2 Å². The Morgan fingerprint density at radius 3 is 3.12 bits per heavy atom. The molecule has 1 aromatic rings. The van der Waals surface area contributed by atoms with Gasteiger partial charge in [-0.25, -0.2) is 0 Å². The van der Waals surface area contributed by atoms with Crippen LogP contribution in [0.5, 0.6) is 0 Å². The van der Waals surface area contributed by atoms with Gasteiger partial charge in [0, 0.05) is 24.0 Å². The summed E-state index contributed by atoms with van der Waals surface area (Å²) in [4.78, 5) is 3.84. The van der Waals surface area contributed by atoms with Crippen molar-refractivity contribution in [3.05, 3.63) is 19.4 Å². The highest BCUT2D eigenvalue weighted by molar-refractivity contribution is 14.1. The van der Waals surface area contributed by atoms with Crippen LogP contribution in [0.4, 0.5) is 0 Å². The van der Waals surface area contributed by atoms with Crippen LogP contribution in [-0.4, -0.2) is 32.1 Å². The minimum atomic E-state index is 0.600. The number of rotatable bonds is 4. The Morgan fingerprint density at radius 1 is 1.56 bits per heavy atom. The third-order valence-corrected chi connectivity index (χ3v) is 5.00. The van der Waals surface area contributed by atoms with Gasteiger partial charge in [0.2, 0.25) is 0 Å². The van der Waals surface area contributed by atoms with Crippen LogP contribution in [0.25, 0.3) is 0 Å². The lowest BCUT2D eigenvalue weighted by Gasteiger charge is -2.24. The van der Waals surface area contributed by atoms with Crippen LogP contribution >= 0.6 is 33.9 Å². The molecule has 1 aliphatic rings. The van der Waals surface area contributed by atoms with Gasteiger partial charge in [0.25, 0.3) is 0 Å². The normalized spacial score (nSPS) is 20.1. The number of aryl methyl sites for hydroxylation is 1. The summed E-state index contributed by atoms with van der Waals surface area (Å²) in [5, 5.41) is 3.68. The van der Waals surface area contributed by atoms with Crippen molar-refractivity contribution in [1.82, 2.24) is 10.2 Å². The zero-order chi connectivity index (χ0) is 11.5. The zero-order valence-corrected chi connectivity index (χ0v) is 12.9. The molecular weight excluding hydrogens is 331 g/mol. The van der Waals surface area contributed by atoms with Crippen LogP contribution in [0, 0.1) is 2.88 Å². The zero-order valence-electron chi connectivity index (χ0n) is 9.92. The molecule has 1 atom stereocenters. The van der Waals surface area contributed by atoms with Gasteiger partial charge in [-0.1, -0.05) is 0 Å². The summed E-state index contributed by atoms with van der Waals surface area (Å²) < 4.78 is 1.43. The molecule has 1 unspecified atom stereocenters. The fourth-order valence-corrected chi connectivity index (χ4v) is 4.32. The van der Waals surface area contributed by atoms with E-state index >= 15 is 0 Å². The minimum absolute atomic E-state index is 0.600. The van der Waals surface area contributed by atoms with Crippen LogP contribution in [0.2, 0.25) is 0 Å². The third kappa shape index (κ3) is 3.18. The number of nitrogens with zero attached hydrogens (tertiary/aromatic N) is 1. The Bertz CT molecular complexity index is 349. The van der Waals surface area contributed by atoms with Crippen molar-refractivity contribution in [1.29, 1.82) is 0 Å². The molecule has 0 fully saturated rings. The van der Waals surface area contributed by atoms with Crippen LogP contribution in [-0.2, 0) is 6.42 Å². The molecule has 1 heterocycles. The summed E-state index contributed by atoms with van der Waals surface area (Å²) in [6, 6.07) is 2.97. The highest BCUT2D eigenvalue weighted by Crippen LogP contribution is 2.36. The molecule has 1 N–H and O–H groups in total. The number of halogens is 1. The van der Waals surface area contributed by atoms with E-state index in [0.717, 1.165) is 13.1 Å². The van der Waals surface area contributed by atoms with Gasteiger partial charge in [-0.3, -0.25) is 0 Å². The number of likely N-dealkylation sites (N-methyl/N-ethyl adjacent to an activating group) is 1. The molecule has 2 rings (SSSR count). The van der Waals surface area contributed by atoms with Gasteiger partial charge in [0.1, 0.15) is 0 Å². The molecular formula is C12H19IN2S. The predicted octanol–water partition coefficient (Wildman–Crippen LogP) is 2.88. The smallest absolute Gasteiger partial charge is 0.0659 e. The topological polar surface area (TPSA) is 15.3 Å². The first kappa shape index (κ1) is 12.8. The predicted molar refractivity (Wildman–Crippen MR) is 79.3 cm³/mol. The molecule has 90 valence electrons. The average Bonchev–Trinajstić information content (AvgIpc) is 2.58. The summed E-state index contributed by atoms with van der Waals surface area (Å²) in [7, 11) is 4.25. The van der Waals surface area contributed by atoms with E-state index in [-0.39, 0.29) is 0 Å². The quantitative estimate of drug-likeness (QED) is 0.840. The van der Waals surface area contributed by atoms with Crippen molar-refractivity contribution < 1.29 is 0 Å². The molecule has 0 radical (unpaired) electrons. The molecule has 0 amide bonds. The van der Waals surface area contributed by atoms with Crippen LogP contribution in [0.15, 0.2) is 6.07 Å². The number of nitrogens with one attached hydrogen (secondary N) is 1. The summed E-state index contributed by atoms with van der Waals surface area (Å²) in [6.45, 7) is 2.20. The molecule has 16 heavy (non-hydrogen) atoms. The van der Waals surface area contributed by atoms with Gasteiger partial charge < -0.3 is 10.2 Å². The number of hydrogen-bond acceptors (Lipinski definition) is 3. The Morgan fingerprint density at radius 2 is 2.38 bits per heavy atom. The Labute approximate surface area is 116 Å². The van der Waals surface area contributed by atoms with Crippen LogP contribution in [0.3, 0.4) is 0 Å². The Hall–Kier alpha value is 0.350. The van der Waals surface area contributed by atoms with E-state index in [1.165, 1.54) is 22.1 Å². The van der Waals surface area contributed by atoms with E-state index in [9.17, 15) is 0 Å². The molecule has 4 heteroatoms. The maximum absolute atomic E-state index is 3.68. The molecule has 0 bridgehead atoms. The maximum atomic E-state index is 3.68. The van der Waals surface area contributed by atoms with Gasteiger partial charge >= 0.3 is 0 Å². The number of fused-ring (bicyclic) bond motifs is 1. The van der Waals surface area contributed by atoms with E-state index < -0.39 is 0 Å². The van der Waals surface area contributed by atoms with Gasteiger partial charge in [-0.2, -0.15) is 0 Å². The van der Waals surface area contributed by atoms with Gasteiger partial charge in [-0.05, 0) is 67.6 Å². The SMILES string of the molecule is CN(C)CCNC1CCCc2sc(I)cc21. The third-order valence-electron chi connectivity index (χ3n) is 3.03. The first-order chi connectivity index (χ1) is 7.66. The second-order valence-electron chi connectivity index (χ2n) is 4.63. The van der Waals surface area contributed by atoms with E-state index in [1.807, 2.05) is 11.3 Å². The first-order valence-electron chi connectivity index (χ1n) is 5.83. The molecule has 1 aliphatic carbocycles. The molecule has 0 saturated heterocycles. The van der Waals surface area contributed by atoms with Crippen molar-refractivity contribution in [2.24, 2.45) is 0 Å². The lowest BCUT2D eigenvalue weighted by Crippen LogP contribution is -2.31. The molecule has 0 aliphatic heterocycles. The number of hydrogen-bond donors (Lipinski definition) is 1. The van der Waals surface area contributed by atoms with Crippen molar-refractivity contribution >= 4 is 33.9 Å². The molecule has 2 nitrogen and oxygen atoms in total.